The van der Waals surface area contributed by atoms with E-state index in [0.29, 0.717) is 10.4 Å². The number of aryl methyl sites for hydroxylation is 2. The Hall–Kier alpha value is -1.72. The number of hydrogen-bond acceptors (Lipinski definition) is 3. The standard InChI is InChI=1S/C17H18FNO2S/c18-13-7-5-11(6-8-13)14(20)10-19-17(21)16-9-12-3-1-2-4-15(12)22-16/h5-9,14,20H,1-4,10H2,(H,19,21). The van der Waals surface area contributed by atoms with Gasteiger partial charge in [-0.1, -0.05) is 12.1 Å². The molecule has 0 saturated carbocycles. The molecule has 0 saturated heterocycles. The fourth-order valence-electron chi connectivity index (χ4n) is 2.68. The van der Waals surface area contributed by atoms with E-state index < -0.39 is 6.10 Å². The molecule has 0 radical (unpaired) electrons. The highest BCUT2D eigenvalue weighted by Gasteiger charge is 2.18. The Balaban J connectivity index is 1.60. The molecule has 1 aromatic heterocycles. The highest BCUT2D eigenvalue weighted by Crippen LogP contribution is 2.29. The second kappa shape index (κ2) is 6.58. The van der Waals surface area contributed by atoms with Crippen LogP contribution in [0, 0.1) is 5.82 Å². The van der Waals surface area contributed by atoms with Crippen LogP contribution in [-0.4, -0.2) is 17.6 Å². The summed E-state index contributed by atoms with van der Waals surface area (Å²) in [5.41, 5.74) is 1.88. The third kappa shape index (κ3) is 3.36. The molecule has 1 aromatic carbocycles. The number of hydrogen-bond donors (Lipinski definition) is 2. The lowest BCUT2D eigenvalue weighted by atomic mass is 9.99. The van der Waals surface area contributed by atoms with Gasteiger partial charge in [0.15, 0.2) is 0 Å². The predicted molar refractivity (Wildman–Crippen MR) is 84.7 cm³/mol. The Morgan fingerprint density at radius 1 is 1.27 bits per heavy atom. The first-order chi connectivity index (χ1) is 10.6. The number of fused-ring (bicyclic) bond motifs is 1. The van der Waals surface area contributed by atoms with Crippen LogP contribution in [0.15, 0.2) is 30.3 Å². The van der Waals surface area contributed by atoms with E-state index in [2.05, 4.69) is 5.32 Å². The normalized spacial score (nSPS) is 15.2. The molecule has 0 fully saturated rings. The molecule has 0 aliphatic heterocycles. The maximum Gasteiger partial charge on any atom is 0.261 e. The van der Waals surface area contributed by atoms with Crippen LogP contribution in [0.3, 0.4) is 0 Å². The zero-order valence-electron chi connectivity index (χ0n) is 12.1. The summed E-state index contributed by atoms with van der Waals surface area (Å²) in [7, 11) is 0. The Kier molecular flexibility index (Phi) is 4.55. The summed E-state index contributed by atoms with van der Waals surface area (Å²) in [5.74, 6) is -0.496. The molecule has 0 bridgehead atoms. The molecule has 1 aliphatic rings. The molecule has 116 valence electrons. The van der Waals surface area contributed by atoms with Crippen molar-refractivity contribution in [2.75, 3.05) is 6.54 Å². The van der Waals surface area contributed by atoms with Crippen LogP contribution in [0.4, 0.5) is 4.39 Å². The lowest BCUT2D eigenvalue weighted by Crippen LogP contribution is -2.27. The van der Waals surface area contributed by atoms with Crippen molar-refractivity contribution in [2.24, 2.45) is 0 Å². The number of halogens is 1. The Morgan fingerprint density at radius 3 is 2.73 bits per heavy atom. The van der Waals surface area contributed by atoms with Crippen molar-refractivity contribution in [3.05, 3.63) is 57.0 Å². The van der Waals surface area contributed by atoms with Gasteiger partial charge in [0.25, 0.3) is 5.91 Å². The first-order valence-corrected chi connectivity index (χ1v) is 8.28. The molecule has 3 rings (SSSR count). The predicted octanol–water partition coefficient (Wildman–Crippen LogP) is 3.23. The van der Waals surface area contributed by atoms with Gasteiger partial charge in [-0.3, -0.25) is 4.79 Å². The molecular formula is C17H18FNO2S. The van der Waals surface area contributed by atoms with Gasteiger partial charge in [0.05, 0.1) is 11.0 Å². The van der Waals surface area contributed by atoms with Crippen LogP contribution in [0.1, 0.15) is 44.6 Å². The minimum Gasteiger partial charge on any atom is -0.387 e. The van der Waals surface area contributed by atoms with E-state index in [0.717, 1.165) is 12.8 Å². The van der Waals surface area contributed by atoms with Gasteiger partial charge < -0.3 is 10.4 Å². The lowest BCUT2D eigenvalue weighted by molar-refractivity contribution is 0.0920. The molecule has 2 N–H and O–H groups in total. The fourth-order valence-corrected chi connectivity index (χ4v) is 3.85. The maximum absolute atomic E-state index is 12.8. The summed E-state index contributed by atoms with van der Waals surface area (Å²) in [6.45, 7) is 0.118. The van der Waals surface area contributed by atoms with Gasteiger partial charge >= 0.3 is 0 Å². The zero-order chi connectivity index (χ0) is 15.5. The SMILES string of the molecule is O=C(NCC(O)c1ccc(F)cc1)c1cc2c(s1)CCCC2. The summed E-state index contributed by atoms with van der Waals surface area (Å²) in [4.78, 5) is 14.2. The van der Waals surface area contributed by atoms with E-state index in [-0.39, 0.29) is 18.3 Å². The molecular weight excluding hydrogens is 301 g/mol. The highest BCUT2D eigenvalue weighted by atomic mass is 32.1. The summed E-state index contributed by atoms with van der Waals surface area (Å²) in [6.07, 6.45) is 3.66. The monoisotopic (exact) mass is 319 g/mol. The van der Waals surface area contributed by atoms with Gasteiger partial charge in [0, 0.05) is 11.4 Å². The van der Waals surface area contributed by atoms with Crippen LogP contribution >= 0.6 is 11.3 Å². The third-order valence-corrected chi connectivity index (χ3v) is 5.17. The number of benzene rings is 1. The molecule has 5 heteroatoms. The van der Waals surface area contributed by atoms with E-state index in [9.17, 15) is 14.3 Å². The number of amides is 1. The average Bonchev–Trinajstić information content (AvgIpc) is 2.97. The first-order valence-electron chi connectivity index (χ1n) is 7.47. The van der Waals surface area contributed by atoms with Crippen molar-refractivity contribution < 1.29 is 14.3 Å². The molecule has 1 aliphatic carbocycles. The van der Waals surface area contributed by atoms with Crippen molar-refractivity contribution in [1.29, 1.82) is 0 Å². The number of carbonyl (C=O) groups is 1. The lowest BCUT2D eigenvalue weighted by Gasteiger charge is -2.11. The van der Waals surface area contributed by atoms with Crippen LogP contribution in [0.5, 0.6) is 0 Å². The van der Waals surface area contributed by atoms with Crippen molar-refractivity contribution in [2.45, 2.75) is 31.8 Å². The number of aliphatic hydroxyl groups excluding tert-OH is 1. The Labute approximate surface area is 132 Å². The summed E-state index contributed by atoms with van der Waals surface area (Å²) >= 11 is 1.55. The number of thiophene rings is 1. The molecule has 1 unspecified atom stereocenters. The van der Waals surface area contributed by atoms with Crippen LogP contribution in [-0.2, 0) is 12.8 Å². The number of rotatable bonds is 4. The molecule has 1 atom stereocenters. The van der Waals surface area contributed by atoms with Crippen LogP contribution in [0.25, 0.3) is 0 Å². The zero-order valence-corrected chi connectivity index (χ0v) is 13.0. The topological polar surface area (TPSA) is 49.3 Å². The van der Waals surface area contributed by atoms with E-state index >= 15 is 0 Å². The van der Waals surface area contributed by atoms with E-state index in [1.807, 2.05) is 6.07 Å². The Bertz CT molecular complexity index is 642. The van der Waals surface area contributed by atoms with Crippen LogP contribution < -0.4 is 5.32 Å². The summed E-state index contributed by atoms with van der Waals surface area (Å²) in [5, 5.41) is 12.8. The quantitative estimate of drug-likeness (QED) is 0.909. The second-order valence-electron chi connectivity index (χ2n) is 5.54. The molecule has 3 nitrogen and oxygen atoms in total. The molecule has 1 heterocycles. The largest absolute Gasteiger partial charge is 0.387 e. The van der Waals surface area contributed by atoms with E-state index in [4.69, 9.17) is 0 Å². The average molecular weight is 319 g/mol. The minimum absolute atomic E-state index is 0.118. The number of aliphatic hydroxyl groups is 1. The van der Waals surface area contributed by atoms with Gasteiger partial charge in [-0.2, -0.15) is 0 Å². The van der Waals surface area contributed by atoms with E-state index in [1.54, 1.807) is 11.3 Å². The van der Waals surface area contributed by atoms with Crippen molar-refractivity contribution in [3.63, 3.8) is 0 Å². The third-order valence-electron chi connectivity index (χ3n) is 3.93. The van der Waals surface area contributed by atoms with Crippen molar-refractivity contribution in [3.8, 4) is 0 Å². The smallest absolute Gasteiger partial charge is 0.261 e. The minimum atomic E-state index is -0.834. The number of carbonyl (C=O) groups excluding carboxylic acids is 1. The fraction of sp³-hybridized carbons (Fsp3) is 0.353. The van der Waals surface area contributed by atoms with Crippen molar-refractivity contribution >= 4 is 17.2 Å². The van der Waals surface area contributed by atoms with Gasteiger partial charge in [0.2, 0.25) is 0 Å². The first kappa shape index (κ1) is 15.2. The molecule has 22 heavy (non-hydrogen) atoms. The van der Waals surface area contributed by atoms with Crippen LogP contribution in [0.2, 0.25) is 0 Å². The summed E-state index contributed by atoms with van der Waals surface area (Å²) < 4.78 is 12.8. The van der Waals surface area contributed by atoms with Gasteiger partial charge in [0.1, 0.15) is 5.82 Å². The summed E-state index contributed by atoms with van der Waals surface area (Å²) in [6, 6.07) is 7.62. The molecule has 2 aromatic rings. The molecule has 1 amide bonds. The van der Waals surface area contributed by atoms with Gasteiger partial charge in [-0.15, -0.1) is 11.3 Å². The van der Waals surface area contributed by atoms with Gasteiger partial charge in [-0.25, -0.2) is 4.39 Å². The Morgan fingerprint density at radius 2 is 2.00 bits per heavy atom. The maximum atomic E-state index is 12.8. The van der Waals surface area contributed by atoms with Gasteiger partial charge in [-0.05, 0) is 55.0 Å². The number of nitrogens with one attached hydrogen (secondary N) is 1. The molecule has 0 spiro atoms. The highest BCUT2D eigenvalue weighted by molar-refractivity contribution is 7.14. The van der Waals surface area contributed by atoms with Crippen molar-refractivity contribution in [1.82, 2.24) is 5.32 Å². The van der Waals surface area contributed by atoms with E-state index in [1.165, 1.54) is 47.5 Å². The second-order valence-corrected chi connectivity index (χ2v) is 6.68.